The second-order valence-electron chi connectivity index (χ2n) is 4.63. The van der Waals surface area contributed by atoms with Crippen molar-refractivity contribution in [2.75, 3.05) is 6.61 Å². The Labute approximate surface area is 115 Å². The standard InChI is InChI=1S/C13H18O5S/c1-7-2-4-8(5-3-7)19-13-12(17)11(16)10(15)9(6-14)18-13/h2-5,9-17H,6H2,1H3/t9?,10-,11?,12?,13+/m1/s1. The molecule has 0 aliphatic carbocycles. The molecule has 106 valence electrons. The zero-order chi connectivity index (χ0) is 14.0. The fourth-order valence-electron chi connectivity index (χ4n) is 1.92. The third-order valence-electron chi connectivity index (χ3n) is 3.12. The Morgan fingerprint density at radius 2 is 1.68 bits per heavy atom. The van der Waals surface area contributed by atoms with Crippen molar-refractivity contribution in [1.29, 1.82) is 0 Å². The van der Waals surface area contributed by atoms with Crippen LogP contribution in [0.1, 0.15) is 5.56 Å². The summed E-state index contributed by atoms with van der Waals surface area (Å²) in [5.41, 5.74) is 0.399. The van der Waals surface area contributed by atoms with E-state index in [1.165, 1.54) is 11.8 Å². The van der Waals surface area contributed by atoms with Crippen molar-refractivity contribution >= 4 is 11.8 Å². The van der Waals surface area contributed by atoms with Crippen molar-refractivity contribution in [3.8, 4) is 0 Å². The Bertz CT molecular complexity index is 408. The average molecular weight is 286 g/mol. The Kier molecular flexibility index (Phi) is 4.83. The van der Waals surface area contributed by atoms with Crippen LogP contribution in [0.5, 0.6) is 0 Å². The third kappa shape index (κ3) is 3.28. The molecule has 0 radical (unpaired) electrons. The summed E-state index contributed by atoms with van der Waals surface area (Å²) >= 11 is 1.25. The first kappa shape index (κ1) is 14.8. The number of thioether (sulfide) groups is 1. The molecule has 6 heteroatoms. The maximum atomic E-state index is 9.90. The summed E-state index contributed by atoms with van der Waals surface area (Å²) in [6, 6.07) is 7.65. The van der Waals surface area contributed by atoms with E-state index in [9.17, 15) is 15.3 Å². The van der Waals surface area contributed by atoms with Gasteiger partial charge in [-0.1, -0.05) is 29.5 Å². The Morgan fingerprint density at radius 3 is 2.26 bits per heavy atom. The van der Waals surface area contributed by atoms with E-state index >= 15 is 0 Å². The van der Waals surface area contributed by atoms with Gasteiger partial charge >= 0.3 is 0 Å². The largest absolute Gasteiger partial charge is 0.394 e. The van der Waals surface area contributed by atoms with Crippen LogP contribution in [0, 0.1) is 6.92 Å². The normalized spacial score (nSPS) is 35.3. The van der Waals surface area contributed by atoms with Crippen molar-refractivity contribution in [3.63, 3.8) is 0 Å². The number of aliphatic hydroxyl groups excluding tert-OH is 4. The number of aryl methyl sites for hydroxylation is 1. The monoisotopic (exact) mass is 286 g/mol. The minimum absolute atomic E-state index is 0.407. The third-order valence-corrected chi connectivity index (χ3v) is 4.29. The van der Waals surface area contributed by atoms with E-state index in [1.54, 1.807) is 0 Å². The average Bonchev–Trinajstić information content (AvgIpc) is 2.42. The van der Waals surface area contributed by atoms with Gasteiger partial charge < -0.3 is 25.2 Å². The second kappa shape index (κ2) is 6.21. The van der Waals surface area contributed by atoms with Crippen LogP contribution in [-0.2, 0) is 4.74 Å². The number of rotatable bonds is 3. The molecule has 0 spiro atoms. The maximum absolute atomic E-state index is 9.90. The number of hydrogen-bond acceptors (Lipinski definition) is 6. The summed E-state index contributed by atoms with van der Waals surface area (Å²) in [7, 11) is 0. The summed E-state index contributed by atoms with van der Waals surface area (Å²) < 4.78 is 5.42. The molecule has 0 aromatic heterocycles. The lowest BCUT2D eigenvalue weighted by Gasteiger charge is -2.39. The van der Waals surface area contributed by atoms with Gasteiger partial charge in [-0.3, -0.25) is 0 Å². The van der Waals surface area contributed by atoms with E-state index in [4.69, 9.17) is 9.84 Å². The predicted octanol–water partition coefficient (Wildman–Crippen LogP) is -0.113. The van der Waals surface area contributed by atoms with Crippen LogP contribution in [0.25, 0.3) is 0 Å². The van der Waals surface area contributed by atoms with Crippen LogP contribution in [0.15, 0.2) is 29.2 Å². The predicted molar refractivity (Wildman–Crippen MR) is 70.8 cm³/mol. The Morgan fingerprint density at radius 1 is 1.05 bits per heavy atom. The SMILES string of the molecule is Cc1ccc(S[C@@H]2OC(CO)[C@@H](O)C(O)C2O)cc1. The molecule has 3 unspecified atom stereocenters. The van der Waals surface area contributed by atoms with E-state index in [2.05, 4.69) is 0 Å². The van der Waals surface area contributed by atoms with Gasteiger partial charge in [0.15, 0.2) is 0 Å². The van der Waals surface area contributed by atoms with Gasteiger partial charge in [0.1, 0.15) is 29.9 Å². The number of aliphatic hydroxyl groups is 4. The van der Waals surface area contributed by atoms with Crippen LogP contribution in [0.4, 0.5) is 0 Å². The minimum atomic E-state index is -1.33. The van der Waals surface area contributed by atoms with E-state index < -0.39 is 36.5 Å². The van der Waals surface area contributed by atoms with Crippen LogP contribution in [-0.4, -0.2) is 56.9 Å². The fraction of sp³-hybridized carbons (Fsp3) is 0.538. The first-order chi connectivity index (χ1) is 9.02. The first-order valence-corrected chi connectivity index (χ1v) is 6.94. The second-order valence-corrected chi connectivity index (χ2v) is 5.80. The molecule has 1 aromatic rings. The molecule has 4 N–H and O–H groups in total. The zero-order valence-corrected chi connectivity index (χ0v) is 11.3. The molecule has 1 heterocycles. The molecule has 1 aliphatic rings. The molecular weight excluding hydrogens is 268 g/mol. The van der Waals surface area contributed by atoms with Gasteiger partial charge in [-0.2, -0.15) is 0 Å². The highest BCUT2D eigenvalue weighted by molar-refractivity contribution is 7.99. The summed E-state index contributed by atoms with van der Waals surface area (Å²) in [6.07, 6.45) is -4.70. The molecule has 0 saturated carbocycles. The smallest absolute Gasteiger partial charge is 0.136 e. The summed E-state index contributed by atoms with van der Waals surface area (Å²) in [5, 5.41) is 38.4. The molecule has 1 fully saturated rings. The molecule has 1 saturated heterocycles. The molecule has 5 atom stereocenters. The molecule has 0 bridgehead atoms. The molecule has 1 aliphatic heterocycles. The van der Waals surface area contributed by atoms with Crippen molar-refractivity contribution in [3.05, 3.63) is 29.8 Å². The van der Waals surface area contributed by atoms with E-state index in [1.807, 2.05) is 31.2 Å². The highest BCUT2D eigenvalue weighted by Crippen LogP contribution is 2.33. The van der Waals surface area contributed by atoms with Crippen molar-refractivity contribution in [1.82, 2.24) is 0 Å². The van der Waals surface area contributed by atoms with Crippen LogP contribution in [0.2, 0.25) is 0 Å². The Balaban J connectivity index is 2.08. The number of benzene rings is 1. The van der Waals surface area contributed by atoms with Gasteiger partial charge in [0, 0.05) is 4.90 Å². The lowest BCUT2D eigenvalue weighted by atomic mass is 10.0. The summed E-state index contributed by atoms with van der Waals surface area (Å²) in [5.74, 6) is 0. The molecular formula is C13H18O5S. The fourth-order valence-corrected chi connectivity index (χ4v) is 2.98. The first-order valence-electron chi connectivity index (χ1n) is 6.07. The minimum Gasteiger partial charge on any atom is -0.394 e. The van der Waals surface area contributed by atoms with Gasteiger partial charge in [-0.05, 0) is 19.1 Å². The van der Waals surface area contributed by atoms with Crippen LogP contribution in [0.3, 0.4) is 0 Å². The van der Waals surface area contributed by atoms with E-state index in [0.717, 1.165) is 10.5 Å². The van der Waals surface area contributed by atoms with Gasteiger partial charge in [0.05, 0.1) is 6.61 Å². The van der Waals surface area contributed by atoms with Gasteiger partial charge in [-0.15, -0.1) is 0 Å². The summed E-state index contributed by atoms with van der Waals surface area (Å²) in [6.45, 7) is 1.57. The molecule has 1 aromatic carbocycles. The quantitative estimate of drug-likeness (QED) is 0.620. The maximum Gasteiger partial charge on any atom is 0.136 e. The number of hydrogen-bond donors (Lipinski definition) is 4. The van der Waals surface area contributed by atoms with Gasteiger partial charge in [0.2, 0.25) is 0 Å². The van der Waals surface area contributed by atoms with Crippen molar-refractivity contribution in [2.45, 2.75) is 41.7 Å². The summed E-state index contributed by atoms with van der Waals surface area (Å²) in [4.78, 5) is 0.884. The highest BCUT2D eigenvalue weighted by atomic mass is 32.2. The lowest BCUT2D eigenvalue weighted by molar-refractivity contribution is -0.205. The zero-order valence-electron chi connectivity index (χ0n) is 10.5. The molecule has 0 amide bonds. The molecule has 2 rings (SSSR count). The van der Waals surface area contributed by atoms with E-state index in [0.29, 0.717) is 0 Å². The molecule has 19 heavy (non-hydrogen) atoms. The number of ether oxygens (including phenoxy) is 1. The van der Waals surface area contributed by atoms with Gasteiger partial charge in [-0.25, -0.2) is 0 Å². The highest BCUT2D eigenvalue weighted by Gasteiger charge is 2.43. The van der Waals surface area contributed by atoms with Crippen molar-refractivity contribution < 1.29 is 25.2 Å². The van der Waals surface area contributed by atoms with Gasteiger partial charge in [0.25, 0.3) is 0 Å². The lowest BCUT2D eigenvalue weighted by Crippen LogP contribution is -2.57. The Hall–Kier alpha value is -0.630. The molecule has 5 nitrogen and oxygen atoms in total. The van der Waals surface area contributed by atoms with E-state index in [-0.39, 0.29) is 0 Å². The van der Waals surface area contributed by atoms with Crippen LogP contribution < -0.4 is 0 Å². The van der Waals surface area contributed by atoms with Crippen LogP contribution >= 0.6 is 11.8 Å². The van der Waals surface area contributed by atoms with Crippen molar-refractivity contribution in [2.24, 2.45) is 0 Å². The topological polar surface area (TPSA) is 90.2 Å².